The summed E-state index contributed by atoms with van der Waals surface area (Å²) in [6.45, 7) is 13.3. The van der Waals surface area contributed by atoms with Crippen LogP contribution in [0.15, 0.2) is 24.5 Å². The van der Waals surface area contributed by atoms with Crippen LogP contribution in [0.1, 0.15) is 56.7 Å². The minimum atomic E-state index is -0.151. The normalized spacial score (nSPS) is 15.6. The Morgan fingerprint density at radius 3 is 2.19 bits per heavy atom. The third-order valence-electron chi connectivity index (χ3n) is 4.58. The van der Waals surface area contributed by atoms with E-state index in [0.29, 0.717) is 24.7 Å². The second-order valence-corrected chi connectivity index (χ2v) is 8.02. The molecule has 1 aliphatic heterocycles. The van der Waals surface area contributed by atoms with Crippen molar-refractivity contribution < 1.29 is 4.79 Å². The van der Waals surface area contributed by atoms with Crippen LogP contribution in [-0.4, -0.2) is 56.7 Å². The molecule has 0 spiro atoms. The minimum Gasteiger partial charge on any atom is -0.337 e. The van der Waals surface area contributed by atoms with Crippen molar-refractivity contribution in [2.75, 3.05) is 31.1 Å². The molecule has 0 radical (unpaired) electrons. The van der Waals surface area contributed by atoms with Gasteiger partial charge >= 0.3 is 0 Å². The van der Waals surface area contributed by atoms with Crippen LogP contribution in [0.4, 0.5) is 5.95 Å². The highest BCUT2D eigenvalue weighted by Crippen LogP contribution is 2.24. The van der Waals surface area contributed by atoms with Gasteiger partial charge in [0.15, 0.2) is 5.69 Å². The number of aromatic nitrogens is 4. The molecule has 7 nitrogen and oxygen atoms in total. The summed E-state index contributed by atoms with van der Waals surface area (Å²) in [5.74, 6) is 1.04. The number of carbonyl (C=O) groups excluding carboxylic acids is 1. The van der Waals surface area contributed by atoms with Gasteiger partial charge in [-0.3, -0.25) is 9.48 Å². The third kappa shape index (κ3) is 3.71. The maximum Gasteiger partial charge on any atom is 0.274 e. The lowest BCUT2D eigenvalue weighted by Crippen LogP contribution is -2.49. The fourth-order valence-electron chi connectivity index (χ4n) is 3.17. The molecule has 0 N–H and O–H groups in total. The first-order valence-corrected chi connectivity index (χ1v) is 9.19. The number of rotatable bonds is 3. The lowest BCUT2D eigenvalue weighted by molar-refractivity contribution is 0.0738. The Hall–Kier alpha value is -2.44. The van der Waals surface area contributed by atoms with E-state index < -0.39 is 0 Å². The molecule has 140 valence electrons. The summed E-state index contributed by atoms with van der Waals surface area (Å²) in [4.78, 5) is 25.5. The molecule has 7 heteroatoms. The van der Waals surface area contributed by atoms with Gasteiger partial charge in [0.05, 0.1) is 5.54 Å². The van der Waals surface area contributed by atoms with E-state index >= 15 is 0 Å². The largest absolute Gasteiger partial charge is 0.337 e. The molecule has 1 amide bonds. The van der Waals surface area contributed by atoms with Crippen LogP contribution in [0.2, 0.25) is 0 Å². The summed E-state index contributed by atoms with van der Waals surface area (Å²) in [6, 6.07) is 3.76. The second kappa shape index (κ2) is 7.05. The maximum atomic E-state index is 13.0. The van der Waals surface area contributed by atoms with Gasteiger partial charge in [0.2, 0.25) is 5.95 Å². The van der Waals surface area contributed by atoms with Crippen LogP contribution in [0, 0.1) is 0 Å². The van der Waals surface area contributed by atoms with E-state index in [1.54, 1.807) is 18.5 Å². The third-order valence-corrected chi connectivity index (χ3v) is 4.58. The lowest BCUT2D eigenvalue weighted by Gasteiger charge is -2.34. The predicted molar refractivity (Wildman–Crippen MR) is 101 cm³/mol. The number of amides is 1. The Labute approximate surface area is 155 Å². The molecule has 3 rings (SSSR count). The van der Waals surface area contributed by atoms with Crippen molar-refractivity contribution in [2.24, 2.45) is 0 Å². The summed E-state index contributed by atoms with van der Waals surface area (Å²) in [7, 11) is 0. The van der Waals surface area contributed by atoms with Crippen molar-refractivity contribution in [3.8, 4) is 0 Å². The molecule has 3 heterocycles. The summed E-state index contributed by atoms with van der Waals surface area (Å²) < 4.78 is 1.99. The second-order valence-electron chi connectivity index (χ2n) is 8.02. The highest BCUT2D eigenvalue weighted by atomic mass is 16.2. The van der Waals surface area contributed by atoms with Crippen molar-refractivity contribution in [1.82, 2.24) is 24.6 Å². The lowest BCUT2D eigenvalue weighted by atomic mass is 10.1. The van der Waals surface area contributed by atoms with Gasteiger partial charge in [0, 0.05) is 44.3 Å². The van der Waals surface area contributed by atoms with Crippen molar-refractivity contribution >= 4 is 11.9 Å². The van der Waals surface area contributed by atoms with Gasteiger partial charge in [0.1, 0.15) is 0 Å². The van der Waals surface area contributed by atoms with Crippen LogP contribution in [-0.2, 0) is 5.54 Å². The van der Waals surface area contributed by atoms with Gasteiger partial charge in [-0.1, -0.05) is 13.8 Å². The van der Waals surface area contributed by atoms with Crippen LogP contribution in [0.3, 0.4) is 0 Å². The summed E-state index contributed by atoms with van der Waals surface area (Å²) >= 11 is 0. The molecular weight excluding hydrogens is 328 g/mol. The molecule has 0 bridgehead atoms. The Bertz CT molecular complexity index is 754. The average molecular weight is 356 g/mol. The molecule has 1 saturated heterocycles. The molecule has 0 aliphatic carbocycles. The monoisotopic (exact) mass is 356 g/mol. The fourth-order valence-corrected chi connectivity index (χ4v) is 3.17. The van der Waals surface area contributed by atoms with Crippen molar-refractivity contribution in [3.05, 3.63) is 35.9 Å². The molecule has 0 atom stereocenters. The maximum absolute atomic E-state index is 13.0. The van der Waals surface area contributed by atoms with Gasteiger partial charge in [-0.25, -0.2) is 9.97 Å². The van der Waals surface area contributed by atoms with Crippen LogP contribution in [0.5, 0.6) is 0 Å². The van der Waals surface area contributed by atoms with Gasteiger partial charge < -0.3 is 9.80 Å². The highest BCUT2D eigenvalue weighted by Gasteiger charge is 2.28. The Morgan fingerprint density at radius 2 is 1.69 bits per heavy atom. The van der Waals surface area contributed by atoms with Crippen molar-refractivity contribution in [2.45, 2.75) is 46.1 Å². The summed E-state index contributed by atoms with van der Waals surface area (Å²) in [5.41, 5.74) is 1.48. The van der Waals surface area contributed by atoms with Gasteiger partial charge in [-0.15, -0.1) is 0 Å². The predicted octanol–water partition coefficient (Wildman–Crippen LogP) is 2.51. The van der Waals surface area contributed by atoms with E-state index in [1.165, 1.54) is 0 Å². The van der Waals surface area contributed by atoms with Crippen molar-refractivity contribution in [3.63, 3.8) is 0 Å². The fraction of sp³-hybridized carbons (Fsp3) is 0.579. The first-order chi connectivity index (χ1) is 12.3. The number of anilines is 1. The van der Waals surface area contributed by atoms with E-state index in [0.717, 1.165) is 24.7 Å². The number of hydrogen-bond acceptors (Lipinski definition) is 5. The Balaban J connectivity index is 1.73. The van der Waals surface area contributed by atoms with E-state index in [9.17, 15) is 4.79 Å². The van der Waals surface area contributed by atoms with Gasteiger partial charge in [-0.2, -0.15) is 5.10 Å². The average Bonchev–Trinajstić information content (AvgIpc) is 3.08. The van der Waals surface area contributed by atoms with Crippen LogP contribution in [0.25, 0.3) is 0 Å². The molecule has 0 aromatic carbocycles. The molecule has 2 aromatic rings. The van der Waals surface area contributed by atoms with Gasteiger partial charge in [-0.05, 0) is 38.8 Å². The Kier molecular flexibility index (Phi) is 4.98. The van der Waals surface area contributed by atoms with Crippen molar-refractivity contribution in [1.29, 1.82) is 0 Å². The molecule has 2 aromatic heterocycles. The smallest absolute Gasteiger partial charge is 0.274 e. The SMILES string of the molecule is CC(C)c1cc(C(=O)N2CCN(c3ncccn3)CC2)nn1C(C)(C)C. The van der Waals surface area contributed by atoms with Crippen LogP contribution >= 0.6 is 0 Å². The van der Waals surface area contributed by atoms with Gasteiger partial charge in [0.25, 0.3) is 5.91 Å². The quantitative estimate of drug-likeness (QED) is 0.845. The van der Waals surface area contributed by atoms with E-state index in [4.69, 9.17) is 0 Å². The molecule has 0 unspecified atom stereocenters. The highest BCUT2D eigenvalue weighted by molar-refractivity contribution is 5.92. The zero-order valence-corrected chi connectivity index (χ0v) is 16.3. The topological polar surface area (TPSA) is 67.2 Å². The summed E-state index contributed by atoms with van der Waals surface area (Å²) in [6.07, 6.45) is 3.49. The molecular formula is C19H28N6O. The van der Waals surface area contributed by atoms with E-state index in [1.807, 2.05) is 15.6 Å². The van der Waals surface area contributed by atoms with Crippen LogP contribution < -0.4 is 4.90 Å². The Morgan fingerprint density at radius 1 is 1.08 bits per heavy atom. The zero-order valence-electron chi connectivity index (χ0n) is 16.3. The first-order valence-electron chi connectivity index (χ1n) is 9.19. The number of hydrogen-bond donors (Lipinski definition) is 0. The van der Waals surface area contributed by atoms with E-state index in [2.05, 4.69) is 54.6 Å². The standard InChI is InChI=1S/C19H28N6O/c1-14(2)16-13-15(22-25(16)19(3,4)5)17(26)23-9-11-24(12-10-23)18-20-7-6-8-21-18/h6-8,13-14H,9-12H2,1-5H3. The number of piperazine rings is 1. The molecule has 26 heavy (non-hydrogen) atoms. The number of carbonyl (C=O) groups is 1. The zero-order chi connectivity index (χ0) is 18.9. The number of nitrogens with zero attached hydrogens (tertiary/aromatic N) is 6. The summed E-state index contributed by atoms with van der Waals surface area (Å²) in [5, 5.41) is 4.64. The molecule has 0 saturated carbocycles. The van der Waals surface area contributed by atoms with E-state index in [-0.39, 0.29) is 11.4 Å². The first kappa shape index (κ1) is 18.4. The molecule has 1 fully saturated rings. The minimum absolute atomic E-state index is 0.00327. The molecule has 1 aliphatic rings.